The number of aromatic nitrogens is 3. The lowest BCUT2D eigenvalue weighted by Crippen LogP contribution is -2.31. The number of allylic oxidation sites excluding steroid dienone is 1. The molecule has 0 aliphatic carbocycles. The van der Waals surface area contributed by atoms with Gasteiger partial charge in [0.15, 0.2) is 15.0 Å². The van der Waals surface area contributed by atoms with E-state index in [0.29, 0.717) is 40.8 Å². The topological polar surface area (TPSA) is 102 Å². The van der Waals surface area contributed by atoms with Crippen LogP contribution < -0.4 is 0 Å². The highest BCUT2D eigenvalue weighted by atomic mass is 32.2. The van der Waals surface area contributed by atoms with Crippen LogP contribution in [-0.4, -0.2) is 63.7 Å². The van der Waals surface area contributed by atoms with Gasteiger partial charge in [0.25, 0.3) is 11.8 Å². The molecule has 29 heavy (non-hydrogen) atoms. The number of sulfone groups is 1. The Labute approximate surface area is 172 Å². The van der Waals surface area contributed by atoms with Crippen molar-refractivity contribution in [1.29, 1.82) is 0 Å². The first-order valence-electron chi connectivity index (χ1n) is 9.23. The summed E-state index contributed by atoms with van der Waals surface area (Å²) in [5.41, 5.74) is 0.865. The molecule has 2 amide bonds. The molecular weight excluding hydrogens is 412 g/mol. The minimum absolute atomic E-state index is 0.0853. The number of hydrogen-bond donors (Lipinski definition) is 0. The molecular formula is C19H20N4O4S2. The molecule has 2 aliphatic heterocycles. The predicted octanol–water partition coefficient (Wildman–Crippen LogP) is 1.75. The maximum atomic E-state index is 12.5. The van der Waals surface area contributed by atoms with Crippen molar-refractivity contribution in [3.05, 3.63) is 53.9 Å². The van der Waals surface area contributed by atoms with Crippen LogP contribution in [0.1, 0.15) is 38.9 Å². The number of carbonyl (C=O) groups excluding carboxylic acids is 2. The Morgan fingerprint density at radius 1 is 1.17 bits per heavy atom. The van der Waals surface area contributed by atoms with E-state index in [0.717, 1.165) is 0 Å². The minimum atomic E-state index is -3.03. The Morgan fingerprint density at radius 2 is 1.86 bits per heavy atom. The molecule has 1 fully saturated rings. The van der Waals surface area contributed by atoms with Crippen molar-refractivity contribution >= 4 is 33.4 Å². The number of imide groups is 1. The molecule has 0 N–H and O–H groups in total. The van der Waals surface area contributed by atoms with Crippen molar-refractivity contribution in [3.8, 4) is 0 Å². The van der Waals surface area contributed by atoms with Gasteiger partial charge in [-0.1, -0.05) is 30.0 Å². The molecule has 8 nitrogen and oxygen atoms in total. The smallest absolute Gasteiger partial charge is 0.261 e. The SMILES string of the molecule is C=CCn1c(SCCN2C(=O)c3ccccc3C2=O)nnc1C1CCS(=O)(=O)C1. The van der Waals surface area contributed by atoms with E-state index in [1.54, 1.807) is 30.3 Å². The summed E-state index contributed by atoms with van der Waals surface area (Å²) in [7, 11) is -3.03. The zero-order valence-corrected chi connectivity index (χ0v) is 17.3. The second-order valence-electron chi connectivity index (χ2n) is 7.00. The first kappa shape index (κ1) is 19.8. The number of carbonyl (C=O) groups is 2. The van der Waals surface area contributed by atoms with Gasteiger partial charge >= 0.3 is 0 Å². The van der Waals surface area contributed by atoms with E-state index in [4.69, 9.17) is 0 Å². The van der Waals surface area contributed by atoms with Crippen LogP contribution in [0.2, 0.25) is 0 Å². The summed E-state index contributed by atoms with van der Waals surface area (Å²) in [5.74, 6) is 0.630. The van der Waals surface area contributed by atoms with Crippen LogP contribution in [0.5, 0.6) is 0 Å². The Hall–Kier alpha value is -2.46. The molecule has 1 unspecified atom stereocenters. The largest absolute Gasteiger partial charge is 0.302 e. The third kappa shape index (κ3) is 3.74. The van der Waals surface area contributed by atoms with Crippen molar-refractivity contribution in [2.24, 2.45) is 0 Å². The predicted molar refractivity (Wildman–Crippen MR) is 109 cm³/mol. The lowest BCUT2D eigenvalue weighted by molar-refractivity contribution is 0.0664. The summed E-state index contributed by atoms with van der Waals surface area (Å²) < 4.78 is 25.5. The Balaban J connectivity index is 1.45. The number of nitrogens with zero attached hydrogens (tertiary/aromatic N) is 4. The highest BCUT2D eigenvalue weighted by Crippen LogP contribution is 2.30. The average molecular weight is 433 g/mol. The Kier molecular flexibility index (Phi) is 5.30. The molecule has 1 saturated heterocycles. The van der Waals surface area contributed by atoms with Crippen molar-refractivity contribution in [2.45, 2.75) is 24.0 Å². The van der Waals surface area contributed by atoms with Gasteiger partial charge < -0.3 is 4.57 Å². The lowest BCUT2D eigenvalue weighted by Gasteiger charge is -2.14. The van der Waals surface area contributed by atoms with Gasteiger partial charge in [0.2, 0.25) is 0 Å². The highest BCUT2D eigenvalue weighted by molar-refractivity contribution is 7.99. The van der Waals surface area contributed by atoms with Crippen molar-refractivity contribution in [1.82, 2.24) is 19.7 Å². The van der Waals surface area contributed by atoms with Gasteiger partial charge in [0, 0.05) is 24.8 Å². The van der Waals surface area contributed by atoms with E-state index in [1.807, 2.05) is 4.57 Å². The molecule has 0 radical (unpaired) electrons. The molecule has 152 valence electrons. The normalized spacial score (nSPS) is 20.3. The molecule has 3 heterocycles. The van der Waals surface area contributed by atoms with Crippen molar-refractivity contribution < 1.29 is 18.0 Å². The molecule has 0 bridgehead atoms. The number of thioether (sulfide) groups is 1. The Bertz CT molecular complexity index is 1060. The molecule has 1 aromatic carbocycles. The summed E-state index contributed by atoms with van der Waals surface area (Å²) >= 11 is 1.38. The van der Waals surface area contributed by atoms with E-state index in [9.17, 15) is 18.0 Å². The maximum Gasteiger partial charge on any atom is 0.261 e. The fraction of sp³-hybridized carbons (Fsp3) is 0.368. The molecule has 0 spiro atoms. The van der Waals surface area contributed by atoms with Crippen molar-refractivity contribution in [2.75, 3.05) is 23.8 Å². The van der Waals surface area contributed by atoms with Gasteiger partial charge in [-0.25, -0.2) is 8.42 Å². The summed E-state index contributed by atoms with van der Waals surface area (Å²) in [6, 6.07) is 6.80. The van der Waals surface area contributed by atoms with E-state index >= 15 is 0 Å². The second-order valence-corrected chi connectivity index (χ2v) is 10.3. The van der Waals surface area contributed by atoms with E-state index < -0.39 is 9.84 Å². The molecule has 1 atom stereocenters. The molecule has 10 heteroatoms. The monoisotopic (exact) mass is 432 g/mol. The minimum Gasteiger partial charge on any atom is -0.302 e. The first-order chi connectivity index (χ1) is 13.9. The average Bonchev–Trinajstić information content (AvgIpc) is 3.33. The van der Waals surface area contributed by atoms with Gasteiger partial charge in [-0.2, -0.15) is 0 Å². The molecule has 4 rings (SSSR count). The summed E-state index contributed by atoms with van der Waals surface area (Å²) in [5, 5.41) is 9.07. The fourth-order valence-corrected chi connectivity index (χ4v) is 6.30. The van der Waals surface area contributed by atoms with Crippen molar-refractivity contribution in [3.63, 3.8) is 0 Å². The van der Waals surface area contributed by atoms with Gasteiger partial charge in [0.05, 0.1) is 22.6 Å². The number of amides is 2. The van der Waals surface area contributed by atoms with Crippen LogP contribution in [0.15, 0.2) is 42.1 Å². The first-order valence-corrected chi connectivity index (χ1v) is 12.0. The standard InChI is InChI=1S/C19H20N4O4S2/c1-2-8-22-16(13-7-11-29(26,27)12-13)20-21-19(22)28-10-9-23-17(24)14-5-3-4-6-15(14)18(23)25/h2-6,13H,1,7-12H2. The number of fused-ring (bicyclic) bond motifs is 1. The maximum absolute atomic E-state index is 12.5. The van der Waals surface area contributed by atoms with Crippen LogP contribution in [-0.2, 0) is 16.4 Å². The van der Waals surface area contributed by atoms with Crippen LogP contribution in [0, 0.1) is 0 Å². The number of benzene rings is 1. The van der Waals surface area contributed by atoms with Crippen LogP contribution >= 0.6 is 11.8 Å². The van der Waals surface area contributed by atoms with E-state index in [2.05, 4.69) is 16.8 Å². The van der Waals surface area contributed by atoms with Gasteiger partial charge in [0.1, 0.15) is 5.82 Å². The second kappa shape index (κ2) is 7.75. The third-order valence-corrected chi connectivity index (χ3v) is 7.79. The van der Waals surface area contributed by atoms with E-state index in [-0.39, 0.29) is 35.8 Å². The van der Waals surface area contributed by atoms with E-state index in [1.165, 1.54) is 16.7 Å². The molecule has 2 aromatic rings. The zero-order valence-electron chi connectivity index (χ0n) is 15.7. The Morgan fingerprint density at radius 3 is 2.45 bits per heavy atom. The van der Waals surface area contributed by atoms with Gasteiger partial charge in [-0.3, -0.25) is 14.5 Å². The summed E-state index contributed by atoms with van der Waals surface area (Å²) in [6.07, 6.45) is 2.25. The zero-order chi connectivity index (χ0) is 20.6. The molecule has 2 aliphatic rings. The quantitative estimate of drug-likeness (QED) is 0.373. The summed E-state index contributed by atoms with van der Waals surface area (Å²) in [6.45, 7) is 4.48. The third-order valence-electron chi connectivity index (χ3n) is 5.08. The van der Waals surface area contributed by atoms with Gasteiger partial charge in [-0.15, -0.1) is 16.8 Å². The van der Waals surface area contributed by atoms with Crippen LogP contribution in [0.4, 0.5) is 0 Å². The summed E-state index contributed by atoms with van der Waals surface area (Å²) in [4.78, 5) is 26.1. The highest BCUT2D eigenvalue weighted by Gasteiger charge is 2.35. The number of hydrogen-bond acceptors (Lipinski definition) is 7. The molecule has 1 aromatic heterocycles. The fourth-order valence-electron chi connectivity index (χ4n) is 3.68. The van der Waals surface area contributed by atoms with Crippen LogP contribution in [0.3, 0.4) is 0 Å². The number of rotatable bonds is 7. The van der Waals surface area contributed by atoms with Gasteiger partial charge in [-0.05, 0) is 18.6 Å². The lowest BCUT2D eigenvalue weighted by atomic mass is 10.1. The van der Waals surface area contributed by atoms with Crippen LogP contribution in [0.25, 0.3) is 0 Å². The molecule has 0 saturated carbocycles.